The molecule has 1 aromatic heterocycles. The molecule has 0 aliphatic heterocycles. The lowest BCUT2D eigenvalue weighted by molar-refractivity contribution is 0.410. The number of ether oxygens (including phenoxy) is 1. The molecule has 6 nitrogen and oxygen atoms in total. The number of hydrogen-bond acceptors (Lipinski definition) is 6. The lowest BCUT2D eigenvalue weighted by Crippen LogP contribution is -2.08. The van der Waals surface area contributed by atoms with Crippen LogP contribution in [0.5, 0.6) is 5.75 Å². The van der Waals surface area contributed by atoms with Crippen LogP contribution in [-0.2, 0) is 19.4 Å². The molecule has 140 valence electrons. The van der Waals surface area contributed by atoms with Gasteiger partial charge in [0.25, 0.3) is 0 Å². The van der Waals surface area contributed by atoms with Crippen molar-refractivity contribution in [1.29, 1.82) is 0 Å². The van der Waals surface area contributed by atoms with E-state index in [1.165, 1.54) is 11.1 Å². The van der Waals surface area contributed by atoms with E-state index in [2.05, 4.69) is 57.9 Å². The summed E-state index contributed by atoms with van der Waals surface area (Å²) >= 11 is 0. The molecule has 2 aromatic carbocycles. The molecule has 1 heterocycles. The first-order chi connectivity index (χ1) is 13.2. The molecule has 2 N–H and O–H groups in total. The average molecular weight is 363 g/mol. The number of aryl methyl sites for hydroxylation is 2. The van der Waals surface area contributed by atoms with E-state index in [-0.39, 0.29) is 0 Å². The number of nitrogens with zero attached hydrogens (tertiary/aromatic N) is 3. The van der Waals surface area contributed by atoms with Crippen molar-refractivity contribution in [2.45, 2.75) is 33.2 Å². The highest BCUT2D eigenvalue weighted by atomic mass is 16.5. The second-order valence-electron chi connectivity index (χ2n) is 6.11. The summed E-state index contributed by atoms with van der Waals surface area (Å²) in [7, 11) is 1.67. The van der Waals surface area contributed by atoms with E-state index in [4.69, 9.17) is 4.74 Å². The third kappa shape index (κ3) is 4.53. The molecule has 0 radical (unpaired) electrons. The highest BCUT2D eigenvalue weighted by Gasteiger charge is 2.09. The van der Waals surface area contributed by atoms with Gasteiger partial charge >= 0.3 is 0 Å². The van der Waals surface area contributed by atoms with Gasteiger partial charge in [0.1, 0.15) is 5.75 Å². The zero-order valence-electron chi connectivity index (χ0n) is 16.0. The fraction of sp³-hybridized carbons (Fsp3) is 0.286. The molecule has 0 amide bonds. The molecule has 0 aliphatic rings. The summed E-state index contributed by atoms with van der Waals surface area (Å²) in [5.74, 6) is 1.98. The Labute approximate surface area is 160 Å². The lowest BCUT2D eigenvalue weighted by Gasteiger charge is -2.14. The Morgan fingerprint density at radius 3 is 2.33 bits per heavy atom. The number of methoxy groups -OCH3 is 1. The number of rotatable bonds is 8. The fourth-order valence-electron chi connectivity index (χ4n) is 2.99. The third-order valence-electron chi connectivity index (χ3n) is 4.45. The van der Waals surface area contributed by atoms with Crippen molar-refractivity contribution >= 4 is 17.5 Å². The van der Waals surface area contributed by atoms with E-state index in [0.717, 1.165) is 29.8 Å². The van der Waals surface area contributed by atoms with Gasteiger partial charge < -0.3 is 15.4 Å². The molecule has 0 aliphatic carbocycles. The van der Waals surface area contributed by atoms with Crippen LogP contribution >= 0.6 is 0 Å². The van der Waals surface area contributed by atoms with Crippen LogP contribution in [0.25, 0.3) is 0 Å². The Kier molecular flexibility index (Phi) is 6.20. The molecule has 0 bridgehead atoms. The smallest absolute Gasteiger partial charge is 0.249 e. The zero-order valence-corrected chi connectivity index (χ0v) is 16.0. The minimum absolute atomic E-state index is 0.482. The van der Waals surface area contributed by atoms with Crippen molar-refractivity contribution in [3.05, 3.63) is 65.4 Å². The molecule has 3 rings (SSSR count). The molecular weight excluding hydrogens is 338 g/mol. The maximum absolute atomic E-state index is 5.39. The molecule has 0 spiro atoms. The van der Waals surface area contributed by atoms with Crippen LogP contribution < -0.4 is 15.4 Å². The van der Waals surface area contributed by atoms with Crippen LogP contribution in [0.15, 0.2) is 48.7 Å². The summed E-state index contributed by atoms with van der Waals surface area (Å²) in [5.41, 5.74) is 4.61. The zero-order chi connectivity index (χ0) is 19.1. The van der Waals surface area contributed by atoms with Crippen molar-refractivity contribution in [3.63, 3.8) is 0 Å². The number of benzene rings is 2. The normalized spacial score (nSPS) is 10.5. The van der Waals surface area contributed by atoms with E-state index < -0.39 is 0 Å². The van der Waals surface area contributed by atoms with E-state index in [1.54, 1.807) is 13.3 Å². The largest absolute Gasteiger partial charge is 0.496 e. The monoisotopic (exact) mass is 363 g/mol. The van der Waals surface area contributed by atoms with E-state index >= 15 is 0 Å². The Morgan fingerprint density at radius 2 is 1.63 bits per heavy atom. The molecule has 0 fully saturated rings. The SMILES string of the molecule is CCc1cccc(CC)c1Nc1nncc(NCc2ccccc2OC)n1. The summed E-state index contributed by atoms with van der Waals surface area (Å²) in [6, 6.07) is 14.2. The minimum Gasteiger partial charge on any atom is -0.496 e. The van der Waals surface area contributed by atoms with Gasteiger partial charge in [0.05, 0.1) is 13.3 Å². The quantitative estimate of drug-likeness (QED) is 0.619. The Balaban J connectivity index is 1.77. The highest BCUT2D eigenvalue weighted by Crippen LogP contribution is 2.25. The van der Waals surface area contributed by atoms with Gasteiger partial charge in [-0.2, -0.15) is 10.1 Å². The van der Waals surface area contributed by atoms with Gasteiger partial charge in [-0.25, -0.2) is 0 Å². The van der Waals surface area contributed by atoms with E-state index in [0.29, 0.717) is 18.3 Å². The van der Waals surface area contributed by atoms with Crippen LogP contribution in [0, 0.1) is 0 Å². The molecular formula is C21H25N5O. The molecule has 0 saturated heterocycles. The van der Waals surface area contributed by atoms with Gasteiger partial charge in [0.2, 0.25) is 5.95 Å². The van der Waals surface area contributed by atoms with Crippen LogP contribution in [-0.4, -0.2) is 22.3 Å². The molecule has 27 heavy (non-hydrogen) atoms. The fourth-order valence-corrected chi connectivity index (χ4v) is 2.99. The van der Waals surface area contributed by atoms with Gasteiger partial charge in [-0.15, -0.1) is 5.10 Å². The van der Waals surface area contributed by atoms with Crippen LogP contribution in [0.1, 0.15) is 30.5 Å². The lowest BCUT2D eigenvalue weighted by atomic mass is 10.0. The highest BCUT2D eigenvalue weighted by molar-refractivity contribution is 5.64. The maximum atomic E-state index is 5.39. The van der Waals surface area contributed by atoms with E-state index in [1.807, 2.05) is 24.3 Å². The molecule has 6 heteroatoms. The van der Waals surface area contributed by atoms with Crippen LogP contribution in [0.4, 0.5) is 17.5 Å². The maximum Gasteiger partial charge on any atom is 0.249 e. The number of anilines is 3. The van der Waals surface area contributed by atoms with Gasteiger partial charge in [0, 0.05) is 17.8 Å². The summed E-state index contributed by atoms with van der Waals surface area (Å²) in [4.78, 5) is 4.55. The molecule has 0 atom stereocenters. The van der Waals surface area contributed by atoms with Gasteiger partial charge in [-0.3, -0.25) is 0 Å². The predicted molar refractivity (Wildman–Crippen MR) is 109 cm³/mol. The number of para-hydroxylation sites is 2. The van der Waals surface area contributed by atoms with E-state index in [9.17, 15) is 0 Å². The Morgan fingerprint density at radius 1 is 0.926 bits per heavy atom. The molecule has 0 unspecified atom stereocenters. The van der Waals surface area contributed by atoms with Gasteiger partial charge in [-0.1, -0.05) is 50.2 Å². The average Bonchev–Trinajstić information content (AvgIpc) is 2.73. The molecule has 3 aromatic rings. The Bertz CT molecular complexity index is 875. The van der Waals surface area contributed by atoms with Crippen molar-refractivity contribution in [1.82, 2.24) is 15.2 Å². The van der Waals surface area contributed by atoms with Crippen molar-refractivity contribution in [3.8, 4) is 5.75 Å². The summed E-state index contributed by atoms with van der Waals surface area (Å²) in [6.07, 6.45) is 3.50. The van der Waals surface area contributed by atoms with Crippen molar-refractivity contribution in [2.24, 2.45) is 0 Å². The van der Waals surface area contributed by atoms with Gasteiger partial charge in [0.15, 0.2) is 5.82 Å². The second kappa shape index (κ2) is 8.98. The minimum atomic E-state index is 0.482. The second-order valence-corrected chi connectivity index (χ2v) is 6.11. The summed E-state index contributed by atoms with van der Waals surface area (Å²) in [5, 5.41) is 14.9. The summed E-state index contributed by atoms with van der Waals surface area (Å²) < 4.78 is 5.39. The van der Waals surface area contributed by atoms with Gasteiger partial charge in [-0.05, 0) is 30.0 Å². The third-order valence-corrected chi connectivity index (χ3v) is 4.45. The standard InChI is InChI=1S/C21H25N5O/c1-4-15-10-8-11-16(5-2)20(15)25-21-24-19(14-23-26-21)22-13-17-9-6-7-12-18(17)27-3/h6-12,14H,4-5,13H2,1-3H3,(H2,22,24,25,26). The van der Waals surface area contributed by atoms with Crippen molar-refractivity contribution in [2.75, 3.05) is 17.7 Å². The number of aromatic nitrogens is 3. The van der Waals surface area contributed by atoms with Crippen molar-refractivity contribution < 1.29 is 4.74 Å². The molecule has 0 saturated carbocycles. The summed E-state index contributed by atoms with van der Waals surface area (Å²) in [6.45, 7) is 4.88. The Hall–Kier alpha value is -3.15. The topological polar surface area (TPSA) is 72.0 Å². The van der Waals surface area contributed by atoms with Crippen LogP contribution in [0.2, 0.25) is 0 Å². The number of nitrogens with one attached hydrogen (secondary N) is 2. The predicted octanol–water partition coefficient (Wildman–Crippen LogP) is 4.36. The first-order valence-corrected chi connectivity index (χ1v) is 9.18. The first-order valence-electron chi connectivity index (χ1n) is 9.18. The van der Waals surface area contributed by atoms with Crippen LogP contribution in [0.3, 0.4) is 0 Å². The number of hydrogen-bond donors (Lipinski definition) is 2. The first kappa shape index (κ1) is 18.6.